The first kappa shape index (κ1) is 15.0. The molecule has 2 rings (SSSR count). The Balaban J connectivity index is 1.97. The largest absolute Gasteiger partial charge is 0.474 e. The number of aryl methyl sites for hydroxylation is 2. The molecule has 0 aliphatic heterocycles. The normalized spacial score (nSPS) is 10.7. The van der Waals surface area contributed by atoms with Gasteiger partial charge in [-0.2, -0.15) is 0 Å². The maximum Gasteiger partial charge on any atom is 0.233 e. The van der Waals surface area contributed by atoms with Crippen LogP contribution in [0.3, 0.4) is 0 Å². The fourth-order valence-corrected chi connectivity index (χ4v) is 1.79. The maximum absolute atomic E-state index is 12.0. The molecule has 1 N–H and O–H groups in total. The summed E-state index contributed by atoms with van der Waals surface area (Å²) in [6.07, 6.45) is 0.215. The lowest BCUT2D eigenvalue weighted by Crippen LogP contribution is -2.16. The average molecular weight is 290 g/mol. The number of nitrogens with zero attached hydrogens (tertiary/aromatic N) is 3. The first-order valence-electron chi connectivity index (χ1n) is 6.67. The molecule has 2 aromatic heterocycles. The van der Waals surface area contributed by atoms with Gasteiger partial charge in [0.1, 0.15) is 5.76 Å². The molecule has 1 amide bonds. The lowest BCUT2D eigenvalue weighted by Gasteiger charge is -2.08. The molecule has 21 heavy (non-hydrogen) atoms. The molecule has 112 valence electrons. The van der Waals surface area contributed by atoms with Crippen LogP contribution < -0.4 is 10.1 Å². The quantitative estimate of drug-likeness (QED) is 0.906. The van der Waals surface area contributed by atoms with Crippen molar-refractivity contribution in [2.45, 2.75) is 40.2 Å². The zero-order valence-electron chi connectivity index (χ0n) is 12.5. The monoisotopic (exact) mass is 290 g/mol. The summed E-state index contributed by atoms with van der Waals surface area (Å²) in [7, 11) is 0. The van der Waals surface area contributed by atoms with Crippen LogP contribution in [0.15, 0.2) is 16.7 Å². The standard InChI is InChI=1S/C14H18N4O3/c1-8(2)20-14-6-5-12(16-17-14)15-13(19)7-11-9(3)18-21-10(11)4/h5-6,8H,7H2,1-4H3,(H,15,16,19). The van der Waals surface area contributed by atoms with Crippen LogP contribution in [0.25, 0.3) is 0 Å². The minimum Gasteiger partial charge on any atom is -0.474 e. The summed E-state index contributed by atoms with van der Waals surface area (Å²) < 4.78 is 10.4. The number of hydrogen-bond acceptors (Lipinski definition) is 6. The van der Waals surface area contributed by atoms with Crippen LogP contribution in [0.2, 0.25) is 0 Å². The summed E-state index contributed by atoms with van der Waals surface area (Å²) in [6.45, 7) is 7.39. The van der Waals surface area contributed by atoms with Crippen LogP contribution in [0.1, 0.15) is 30.9 Å². The minimum absolute atomic E-state index is 0.0271. The number of aromatic nitrogens is 3. The maximum atomic E-state index is 12.0. The molecule has 0 aliphatic rings. The Hall–Kier alpha value is -2.44. The van der Waals surface area contributed by atoms with E-state index >= 15 is 0 Å². The van der Waals surface area contributed by atoms with E-state index in [4.69, 9.17) is 9.26 Å². The number of carbonyl (C=O) groups excluding carboxylic acids is 1. The van der Waals surface area contributed by atoms with Crippen molar-refractivity contribution in [3.8, 4) is 5.88 Å². The van der Waals surface area contributed by atoms with Crippen molar-refractivity contribution in [3.63, 3.8) is 0 Å². The van der Waals surface area contributed by atoms with E-state index in [-0.39, 0.29) is 18.4 Å². The van der Waals surface area contributed by atoms with Crippen molar-refractivity contribution in [3.05, 3.63) is 29.2 Å². The highest BCUT2D eigenvalue weighted by molar-refractivity contribution is 5.91. The van der Waals surface area contributed by atoms with Crippen molar-refractivity contribution >= 4 is 11.7 Å². The predicted octanol–water partition coefficient (Wildman–Crippen LogP) is 2.05. The lowest BCUT2D eigenvalue weighted by atomic mass is 10.1. The summed E-state index contributed by atoms with van der Waals surface area (Å²) in [5.41, 5.74) is 1.51. The van der Waals surface area contributed by atoms with Gasteiger partial charge in [-0.1, -0.05) is 5.16 Å². The van der Waals surface area contributed by atoms with Gasteiger partial charge in [-0.15, -0.1) is 10.2 Å². The predicted molar refractivity (Wildman–Crippen MR) is 76.1 cm³/mol. The Kier molecular flexibility index (Phi) is 4.52. The zero-order chi connectivity index (χ0) is 15.4. The van der Waals surface area contributed by atoms with Gasteiger partial charge >= 0.3 is 0 Å². The van der Waals surface area contributed by atoms with Crippen LogP contribution in [-0.2, 0) is 11.2 Å². The molecule has 0 saturated carbocycles. The number of nitrogens with one attached hydrogen (secondary N) is 1. The second-order valence-corrected chi connectivity index (χ2v) is 4.95. The molecule has 0 saturated heterocycles. The molecule has 0 spiro atoms. The van der Waals surface area contributed by atoms with Crippen molar-refractivity contribution in [1.29, 1.82) is 0 Å². The fraction of sp³-hybridized carbons (Fsp3) is 0.429. The Bertz CT molecular complexity index is 600. The van der Waals surface area contributed by atoms with E-state index in [0.29, 0.717) is 17.5 Å². The topological polar surface area (TPSA) is 90.1 Å². The molecule has 2 aromatic rings. The van der Waals surface area contributed by atoms with Gasteiger partial charge in [-0.05, 0) is 33.8 Å². The zero-order valence-corrected chi connectivity index (χ0v) is 12.5. The summed E-state index contributed by atoms with van der Waals surface area (Å²) in [5, 5.41) is 14.3. The molecule has 0 bridgehead atoms. The molecule has 0 aromatic carbocycles. The van der Waals surface area contributed by atoms with Gasteiger partial charge in [0.2, 0.25) is 11.8 Å². The van der Waals surface area contributed by atoms with Crippen LogP contribution in [0.4, 0.5) is 5.82 Å². The first-order chi connectivity index (χ1) is 9.95. The molecule has 0 atom stereocenters. The van der Waals surface area contributed by atoms with Crippen molar-refractivity contribution in [1.82, 2.24) is 15.4 Å². The SMILES string of the molecule is Cc1noc(C)c1CC(=O)Nc1ccc(OC(C)C)nn1. The Labute approximate surface area is 122 Å². The number of rotatable bonds is 5. The van der Waals surface area contributed by atoms with Crippen LogP contribution >= 0.6 is 0 Å². The highest BCUT2D eigenvalue weighted by Crippen LogP contribution is 2.14. The molecule has 0 radical (unpaired) electrons. The number of hydrogen-bond donors (Lipinski definition) is 1. The van der Waals surface area contributed by atoms with Gasteiger partial charge < -0.3 is 14.6 Å². The molecule has 7 heteroatoms. The van der Waals surface area contributed by atoms with E-state index in [1.807, 2.05) is 13.8 Å². The van der Waals surface area contributed by atoms with Gasteiger partial charge in [0.05, 0.1) is 18.2 Å². The number of anilines is 1. The summed E-state index contributed by atoms with van der Waals surface area (Å²) in [4.78, 5) is 12.0. The smallest absolute Gasteiger partial charge is 0.233 e. The first-order valence-corrected chi connectivity index (χ1v) is 6.67. The number of amides is 1. The second kappa shape index (κ2) is 6.34. The van der Waals surface area contributed by atoms with E-state index in [1.54, 1.807) is 26.0 Å². The Morgan fingerprint density at radius 3 is 2.62 bits per heavy atom. The molecule has 0 aliphatic carbocycles. The van der Waals surface area contributed by atoms with Gasteiger partial charge in [0.25, 0.3) is 0 Å². The highest BCUT2D eigenvalue weighted by Gasteiger charge is 2.14. The van der Waals surface area contributed by atoms with Gasteiger partial charge in [-0.25, -0.2) is 0 Å². The molecular weight excluding hydrogens is 272 g/mol. The van der Waals surface area contributed by atoms with Gasteiger partial charge in [0, 0.05) is 11.6 Å². The molecule has 7 nitrogen and oxygen atoms in total. The lowest BCUT2D eigenvalue weighted by molar-refractivity contribution is -0.115. The minimum atomic E-state index is -0.198. The van der Waals surface area contributed by atoms with E-state index in [9.17, 15) is 4.79 Å². The molecule has 0 unspecified atom stereocenters. The van der Waals surface area contributed by atoms with Gasteiger partial charge in [-0.3, -0.25) is 4.79 Å². The van der Waals surface area contributed by atoms with Gasteiger partial charge in [0.15, 0.2) is 5.82 Å². The number of ether oxygens (including phenoxy) is 1. The van der Waals surface area contributed by atoms with E-state index in [1.165, 1.54) is 0 Å². The summed E-state index contributed by atoms with van der Waals surface area (Å²) >= 11 is 0. The number of carbonyl (C=O) groups is 1. The fourth-order valence-electron chi connectivity index (χ4n) is 1.79. The van der Waals surface area contributed by atoms with E-state index in [2.05, 4.69) is 20.7 Å². The second-order valence-electron chi connectivity index (χ2n) is 4.95. The molecule has 2 heterocycles. The Morgan fingerprint density at radius 2 is 2.10 bits per heavy atom. The van der Waals surface area contributed by atoms with Crippen LogP contribution in [-0.4, -0.2) is 27.4 Å². The highest BCUT2D eigenvalue weighted by atomic mass is 16.5. The summed E-state index contributed by atoms with van der Waals surface area (Å²) in [6, 6.07) is 3.31. The van der Waals surface area contributed by atoms with Crippen LogP contribution in [0.5, 0.6) is 5.88 Å². The summed E-state index contributed by atoms with van der Waals surface area (Å²) in [5.74, 6) is 1.25. The molecule has 0 fully saturated rings. The van der Waals surface area contributed by atoms with Crippen molar-refractivity contribution in [2.75, 3.05) is 5.32 Å². The third kappa shape index (κ3) is 4.01. The van der Waals surface area contributed by atoms with Crippen LogP contribution in [0, 0.1) is 13.8 Å². The van der Waals surface area contributed by atoms with E-state index < -0.39 is 0 Å². The van der Waals surface area contributed by atoms with Crippen molar-refractivity contribution in [2.24, 2.45) is 0 Å². The third-order valence-electron chi connectivity index (χ3n) is 2.78. The Morgan fingerprint density at radius 1 is 1.33 bits per heavy atom. The molecular formula is C14H18N4O3. The average Bonchev–Trinajstić information content (AvgIpc) is 2.72. The van der Waals surface area contributed by atoms with E-state index in [0.717, 1.165) is 11.3 Å². The third-order valence-corrected chi connectivity index (χ3v) is 2.78. The van der Waals surface area contributed by atoms with Crippen molar-refractivity contribution < 1.29 is 14.1 Å².